The summed E-state index contributed by atoms with van der Waals surface area (Å²) < 4.78 is 0. The Hall–Kier alpha value is -1.46. The molecule has 1 aliphatic heterocycles. The van der Waals surface area contributed by atoms with Gasteiger partial charge >= 0.3 is 0 Å². The van der Waals surface area contributed by atoms with E-state index in [2.05, 4.69) is 0 Å². The summed E-state index contributed by atoms with van der Waals surface area (Å²) in [5, 5.41) is 4.88. The predicted octanol–water partition coefficient (Wildman–Crippen LogP) is 4.02. The lowest BCUT2D eigenvalue weighted by Gasteiger charge is -2.67. The second-order valence-corrected chi connectivity index (χ2v) is 10.5. The topological polar surface area (TPSA) is 66.6 Å². The van der Waals surface area contributed by atoms with E-state index in [4.69, 9.17) is 28.9 Å². The van der Waals surface area contributed by atoms with E-state index < -0.39 is 5.54 Å². The van der Waals surface area contributed by atoms with Gasteiger partial charge in [-0.1, -0.05) is 29.3 Å². The summed E-state index contributed by atoms with van der Waals surface area (Å²) in [6.07, 6.45) is 4.64. The lowest BCUT2D eigenvalue weighted by atomic mass is 9.47. The summed E-state index contributed by atoms with van der Waals surface area (Å²) in [6.45, 7) is 3.84. The van der Waals surface area contributed by atoms with Crippen LogP contribution in [0.4, 0.5) is 5.69 Å². The van der Waals surface area contributed by atoms with Gasteiger partial charge in [0.1, 0.15) is 5.54 Å². The lowest BCUT2D eigenvalue weighted by molar-refractivity contribution is -0.179. The molecule has 2 N–H and O–H groups in total. The Labute approximate surface area is 175 Å². The third-order valence-electron chi connectivity index (χ3n) is 7.66. The highest BCUT2D eigenvalue weighted by Crippen LogP contribution is 2.62. The molecule has 4 aliphatic carbocycles. The molecule has 6 rings (SSSR count). The number of carbonyl (C=O) groups excluding carboxylic acids is 2. The van der Waals surface area contributed by atoms with Crippen LogP contribution < -0.4 is 10.7 Å². The maximum Gasteiger partial charge on any atom is 0.268 e. The molecule has 150 valence electrons. The molecule has 1 aromatic carbocycles. The Kier molecular flexibility index (Phi) is 3.84. The van der Waals surface area contributed by atoms with Gasteiger partial charge in [-0.25, -0.2) is 5.01 Å². The standard InChI is InChI=1S/C21H25Cl2N3O2/c1-20(2)19(28)25(26(20)15-5-3-4-14(22)16(15)23)17-12-6-11-7-13(17)10-21(8-11,9-12)18(24)27/h3-5,11-13,17H,6-10H2,1-2H3,(H2,24,27)/t11?,12-,13?,17-,21+/m0/s1. The zero-order valence-electron chi connectivity index (χ0n) is 16.1. The van der Waals surface area contributed by atoms with Crippen LogP contribution in [0.1, 0.15) is 46.0 Å². The van der Waals surface area contributed by atoms with Crippen LogP contribution in [-0.2, 0) is 9.59 Å². The fraction of sp³-hybridized carbons (Fsp3) is 0.619. The third-order valence-corrected chi connectivity index (χ3v) is 8.47. The molecule has 1 saturated heterocycles. The van der Waals surface area contributed by atoms with Crippen LogP contribution in [0.3, 0.4) is 0 Å². The molecule has 5 nitrogen and oxygen atoms in total. The Morgan fingerprint density at radius 3 is 2.39 bits per heavy atom. The number of anilines is 1. The second-order valence-electron chi connectivity index (χ2n) is 9.70. The minimum Gasteiger partial charge on any atom is -0.369 e. The number of hydrazine groups is 1. The van der Waals surface area contributed by atoms with Crippen LogP contribution in [0.15, 0.2) is 18.2 Å². The van der Waals surface area contributed by atoms with Crippen molar-refractivity contribution in [3.63, 3.8) is 0 Å². The average Bonchev–Trinajstić information content (AvgIpc) is 2.62. The molecule has 7 heteroatoms. The summed E-state index contributed by atoms with van der Waals surface area (Å²) in [6, 6.07) is 5.63. The first-order valence-electron chi connectivity index (χ1n) is 10.0. The van der Waals surface area contributed by atoms with E-state index in [1.54, 1.807) is 6.07 Å². The van der Waals surface area contributed by atoms with Crippen molar-refractivity contribution in [2.45, 2.75) is 57.5 Å². The normalized spacial score (nSPS) is 37.9. The molecule has 28 heavy (non-hydrogen) atoms. The van der Waals surface area contributed by atoms with Crippen LogP contribution in [-0.4, -0.2) is 28.4 Å². The van der Waals surface area contributed by atoms with Crippen molar-refractivity contribution < 1.29 is 9.59 Å². The van der Waals surface area contributed by atoms with Crippen LogP contribution in [0, 0.1) is 23.2 Å². The van der Waals surface area contributed by atoms with Crippen molar-refractivity contribution in [2.75, 3.05) is 5.01 Å². The van der Waals surface area contributed by atoms with Gasteiger partial charge in [-0.2, -0.15) is 0 Å². The Morgan fingerprint density at radius 1 is 1.14 bits per heavy atom. The van der Waals surface area contributed by atoms with Gasteiger partial charge in [0.15, 0.2) is 0 Å². The highest BCUT2D eigenvalue weighted by Gasteiger charge is 2.65. The van der Waals surface area contributed by atoms with Gasteiger partial charge in [0.05, 0.1) is 21.8 Å². The van der Waals surface area contributed by atoms with E-state index in [0.29, 0.717) is 27.8 Å². The van der Waals surface area contributed by atoms with E-state index in [1.807, 2.05) is 36.0 Å². The van der Waals surface area contributed by atoms with Crippen molar-refractivity contribution in [2.24, 2.45) is 28.9 Å². The van der Waals surface area contributed by atoms with E-state index in [-0.39, 0.29) is 23.3 Å². The van der Waals surface area contributed by atoms with Gasteiger partial charge in [0.25, 0.3) is 5.91 Å². The summed E-state index contributed by atoms with van der Waals surface area (Å²) in [5.74, 6) is 1.11. The van der Waals surface area contributed by atoms with Crippen molar-refractivity contribution in [1.82, 2.24) is 5.01 Å². The average molecular weight is 422 g/mol. The Bertz CT molecular complexity index is 870. The number of primary amides is 1. The number of hydrogen-bond acceptors (Lipinski definition) is 3. The van der Waals surface area contributed by atoms with Crippen molar-refractivity contribution in [3.05, 3.63) is 28.2 Å². The molecular weight excluding hydrogens is 397 g/mol. The molecule has 1 heterocycles. The van der Waals surface area contributed by atoms with Gasteiger partial charge < -0.3 is 5.73 Å². The minimum absolute atomic E-state index is 0.0969. The lowest BCUT2D eigenvalue weighted by Crippen LogP contribution is -2.80. The molecule has 1 aromatic rings. The SMILES string of the molecule is CC1(C)C(=O)N([C@@H]2C3CC4C[C@H]2C[C@](C(N)=O)(C4)C3)N1c1cccc(Cl)c1Cl. The number of rotatable bonds is 3. The molecule has 0 spiro atoms. The summed E-state index contributed by atoms with van der Waals surface area (Å²) >= 11 is 12.8. The maximum absolute atomic E-state index is 13.2. The molecule has 5 fully saturated rings. The highest BCUT2D eigenvalue weighted by atomic mass is 35.5. The van der Waals surface area contributed by atoms with Gasteiger partial charge in [-0.15, -0.1) is 0 Å². The fourth-order valence-corrected chi connectivity index (χ4v) is 7.10. The summed E-state index contributed by atoms with van der Waals surface area (Å²) in [7, 11) is 0. The zero-order valence-corrected chi connectivity index (χ0v) is 17.6. The molecule has 2 amide bonds. The van der Waals surface area contributed by atoms with Crippen LogP contribution in [0.25, 0.3) is 0 Å². The largest absolute Gasteiger partial charge is 0.369 e. The number of carbonyl (C=O) groups is 2. The molecule has 5 aliphatic rings. The highest BCUT2D eigenvalue weighted by molar-refractivity contribution is 6.43. The number of nitrogens with two attached hydrogens (primary N) is 1. The monoisotopic (exact) mass is 421 g/mol. The van der Waals surface area contributed by atoms with Gasteiger partial charge in [0, 0.05) is 5.41 Å². The number of benzene rings is 1. The van der Waals surface area contributed by atoms with Crippen LogP contribution >= 0.6 is 23.2 Å². The first-order valence-corrected chi connectivity index (χ1v) is 10.8. The smallest absolute Gasteiger partial charge is 0.268 e. The van der Waals surface area contributed by atoms with Crippen molar-refractivity contribution in [1.29, 1.82) is 0 Å². The fourth-order valence-electron chi connectivity index (χ4n) is 6.73. The van der Waals surface area contributed by atoms with E-state index >= 15 is 0 Å². The first kappa shape index (κ1) is 18.6. The molecule has 0 aromatic heterocycles. The van der Waals surface area contributed by atoms with E-state index in [1.165, 1.54) is 0 Å². The molecule has 4 bridgehead atoms. The third kappa shape index (κ3) is 2.26. The number of amides is 2. The Morgan fingerprint density at radius 2 is 1.79 bits per heavy atom. The quantitative estimate of drug-likeness (QED) is 0.801. The molecule has 5 atom stereocenters. The summed E-state index contributed by atoms with van der Waals surface area (Å²) in [5.41, 5.74) is 5.54. The zero-order chi connectivity index (χ0) is 20.0. The summed E-state index contributed by atoms with van der Waals surface area (Å²) in [4.78, 5) is 25.5. The molecule has 4 saturated carbocycles. The molecular formula is C21H25Cl2N3O2. The number of halogens is 2. The molecule has 0 radical (unpaired) electrons. The predicted molar refractivity (Wildman–Crippen MR) is 109 cm³/mol. The molecule has 2 unspecified atom stereocenters. The van der Waals surface area contributed by atoms with Gasteiger partial charge in [0.2, 0.25) is 5.91 Å². The minimum atomic E-state index is -0.676. The van der Waals surface area contributed by atoms with Gasteiger partial charge in [-0.3, -0.25) is 14.6 Å². The van der Waals surface area contributed by atoms with E-state index in [9.17, 15) is 9.59 Å². The van der Waals surface area contributed by atoms with Crippen LogP contribution in [0.5, 0.6) is 0 Å². The van der Waals surface area contributed by atoms with E-state index in [0.717, 1.165) is 37.8 Å². The van der Waals surface area contributed by atoms with Gasteiger partial charge in [-0.05, 0) is 75.8 Å². The van der Waals surface area contributed by atoms with Crippen LogP contribution in [0.2, 0.25) is 10.0 Å². The second kappa shape index (κ2) is 5.79. The Balaban J connectivity index is 1.53. The van der Waals surface area contributed by atoms with Crippen molar-refractivity contribution in [3.8, 4) is 0 Å². The maximum atomic E-state index is 13.2. The number of nitrogens with zero attached hydrogens (tertiary/aromatic N) is 2. The first-order chi connectivity index (χ1) is 13.2. The number of hydrogen-bond donors (Lipinski definition) is 1. The van der Waals surface area contributed by atoms with Crippen molar-refractivity contribution >= 4 is 40.7 Å².